The zero-order chi connectivity index (χ0) is 14.8. The SMILES string of the molecule is Nc1cccc(C(=O)N(Cc2ccncc2)C2CC2)c1Cl. The molecule has 1 aliphatic rings. The molecule has 1 heterocycles. The number of nitrogen functional groups attached to an aromatic ring is 1. The molecule has 2 aromatic rings. The Balaban J connectivity index is 1.87. The minimum absolute atomic E-state index is 0.0633. The Morgan fingerprint density at radius 1 is 1.29 bits per heavy atom. The van der Waals surface area contributed by atoms with Gasteiger partial charge in [0.1, 0.15) is 0 Å². The zero-order valence-corrected chi connectivity index (χ0v) is 12.3. The molecule has 0 spiro atoms. The topological polar surface area (TPSA) is 59.2 Å². The van der Waals surface area contributed by atoms with E-state index in [4.69, 9.17) is 17.3 Å². The second-order valence-corrected chi connectivity index (χ2v) is 5.61. The number of nitrogens with zero attached hydrogens (tertiary/aromatic N) is 2. The third-order valence-electron chi connectivity index (χ3n) is 3.61. The van der Waals surface area contributed by atoms with Gasteiger partial charge in [-0.25, -0.2) is 0 Å². The lowest BCUT2D eigenvalue weighted by Gasteiger charge is -2.23. The first-order valence-electron chi connectivity index (χ1n) is 6.90. The maximum absolute atomic E-state index is 12.8. The predicted molar refractivity (Wildman–Crippen MR) is 83.0 cm³/mol. The van der Waals surface area contributed by atoms with Gasteiger partial charge >= 0.3 is 0 Å². The van der Waals surface area contributed by atoms with Crippen LogP contribution in [0.2, 0.25) is 5.02 Å². The molecule has 21 heavy (non-hydrogen) atoms. The van der Waals surface area contributed by atoms with Crippen molar-refractivity contribution in [1.29, 1.82) is 0 Å². The molecule has 4 nitrogen and oxygen atoms in total. The van der Waals surface area contributed by atoms with Crippen molar-refractivity contribution < 1.29 is 4.79 Å². The summed E-state index contributed by atoms with van der Waals surface area (Å²) in [5.41, 5.74) is 7.75. The standard InChI is InChI=1S/C16H16ClN3O/c17-15-13(2-1-3-14(15)18)16(21)20(12-4-5-12)10-11-6-8-19-9-7-11/h1-3,6-9,12H,4-5,10,18H2. The Bertz CT molecular complexity index is 656. The minimum atomic E-state index is -0.0633. The molecule has 1 aromatic carbocycles. The molecule has 2 N–H and O–H groups in total. The highest BCUT2D eigenvalue weighted by molar-refractivity contribution is 6.36. The summed E-state index contributed by atoms with van der Waals surface area (Å²) in [6.45, 7) is 0.567. The van der Waals surface area contributed by atoms with Gasteiger partial charge in [-0.05, 0) is 42.7 Å². The van der Waals surface area contributed by atoms with E-state index in [0.717, 1.165) is 18.4 Å². The van der Waals surface area contributed by atoms with Crippen molar-refractivity contribution in [3.8, 4) is 0 Å². The van der Waals surface area contributed by atoms with Crippen LogP contribution in [0.3, 0.4) is 0 Å². The lowest BCUT2D eigenvalue weighted by Crippen LogP contribution is -2.32. The van der Waals surface area contributed by atoms with Crippen LogP contribution in [0, 0.1) is 0 Å². The summed E-state index contributed by atoms with van der Waals surface area (Å²) < 4.78 is 0. The van der Waals surface area contributed by atoms with E-state index < -0.39 is 0 Å². The van der Waals surface area contributed by atoms with E-state index in [2.05, 4.69) is 4.98 Å². The van der Waals surface area contributed by atoms with Crippen LogP contribution in [0.4, 0.5) is 5.69 Å². The number of carbonyl (C=O) groups excluding carboxylic acids is 1. The number of nitrogens with two attached hydrogens (primary N) is 1. The molecule has 0 unspecified atom stereocenters. The summed E-state index contributed by atoms with van der Waals surface area (Å²) in [5, 5.41) is 0.336. The Labute approximate surface area is 128 Å². The number of aromatic nitrogens is 1. The van der Waals surface area contributed by atoms with Crippen LogP contribution in [0.1, 0.15) is 28.8 Å². The third-order valence-corrected chi connectivity index (χ3v) is 4.03. The fourth-order valence-corrected chi connectivity index (χ4v) is 2.51. The first kappa shape index (κ1) is 13.9. The highest BCUT2D eigenvalue weighted by Gasteiger charge is 2.33. The van der Waals surface area contributed by atoms with Crippen LogP contribution in [0.15, 0.2) is 42.7 Å². The zero-order valence-electron chi connectivity index (χ0n) is 11.5. The quantitative estimate of drug-likeness (QED) is 0.883. The van der Waals surface area contributed by atoms with Crippen LogP contribution in [0.25, 0.3) is 0 Å². The van der Waals surface area contributed by atoms with Crippen molar-refractivity contribution in [3.05, 3.63) is 58.9 Å². The molecule has 0 bridgehead atoms. The van der Waals surface area contributed by atoms with Crippen LogP contribution >= 0.6 is 11.6 Å². The molecular weight excluding hydrogens is 286 g/mol. The molecule has 0 radical (unpaired) electrons. The van der Waals surface area contributed by atoms with Crippen molar-refractivity contribution in [1.82, 2.24) is 9.88 Å². The molecular formula is C16H16ClN3O. The Morgan fingerprint density at radius 2 is 2.00 bits per heavy atom. The molecule has 1 amide bonds. The van der Waals surface area contributed by atoms with Gasteiger partial charge in [0.2, 0.25) is 0 Å². The summed E-state index contributed by atoms with van der Waals surface area (Å²) in [6, 6.07) is 9.31. The molecule has 1 aromatic heterocycles. The Morgan fingerprint density at radius 3 is 2.67 bits per heavy atom. The maximum Gasteiger partial charge on any atom is 0.255 e. The normalized spacial score (nSPS) is 14.0. The van der Waals surface area contributed by atoms with E-state index in [1.54, 1.807) is 30.6 Å². The summed E-state index contributed by atoms with van der Waals surface area (Å²) in [5.74, 6) is -0.0633. The molecule has 0 saturated heterocycles. The second-order valence-electron chi connectivity index (χ2n) is 5.23. The third kappa shape index (κ3) is 3.00. The highest BCUT2D eigenvalue weighted by Crippen LogP contribution is 2.32. The van der Waals surface area contributed by atoms with Crippen molar-refractivity contribution in [2.45, 2.75) is 25.4 Å². The molecule has 3 rings (SSSR count). The summed E-state index contributed by atoms with van der Waals surface area (Å²) >= 11 is 6.18. The second kappa shape index (κ2) is 5.74. The fraction of sp³-hybridized carbons (Fsp3) is 0.250. The number of rotatable bonds is 4. The van der Waals surface area contributed by atoms with Gasteiger partial charge in [0, 0.05) is 25.0 Å². The Kier molecular flexibility index (Phi) is 3.80. The van der Waals surface area contributed by atoms with Crippen molar-refractivity contribution >= 4 is 23.2 Å². The number of benzene rings is 1. The number of pyridine rings is 1. The van der Waals surface area contributed by atoms with Crippen molar-refractivity contribution in [2.75, 3.05) is 5.73 Å². The highest BCUT2D eigenvalue weighted by atomic mass is 35.5. The van der Waals surface area contributed by atoms with Gasteiger partial charge in [0.15, 0.2) is 0 Å². The van der Waals surface area contributed by atoms with E-state index in [1.807, 2.05) is 17.0 Å². The van der Waals surface area contributed by atoms with Gasteiger partial charge < -0.3 is 10.6 Å². The molecule has 1 saturated carbocycles. The van der Waals surface area contributed by atoms with Crippen LogP contribution < -0.4 is 5.73 Å². The summed E-state index contributed by atoms with van der Waals surface area (Å²) in [7, 11) is 0. The molecule has 5 heteroatoms. The van der Waals surface area contributed by atoms with Gasteiger partial charge in [-0.1, -0.05) is 17.7 Å². The van der Waals surface area contributed by atoms with Gasteiger partial charge in [-0.15, -0.1) is 0 Å². The van der Waals surface area contributed by atoms with Crippen LogP contribution in [0.5, 0.6) is 0 Å². The van der Waals surface area contributed by atoms with Crippen LogP contribution in [-0.2, 0) is 6.54 Å². The smallest absolute Gasteiger partial charge is 0.255 e. The first-order valence-corrected chi connectivity index (χ1v) is 7.28. The van der Waals surface area contributed by atoms with E-state index >= 15 is 0 Å². The minimum Gasteiger partial charge on any atom is -0.398 e. The lowest BCUT2D eigenvalue weighted by atomic mass is 10.1. The molecule has 0 atom stereocenters. The lowest BCUT2D eigenvalue weighted by molar-refractivity contribution is 0.0730. The molecule has 1 aliphatic carbocycles. The monoisotopic (exact) mass is 301 g/mol. The number of halogens is 1. The summed E-state index contributed by atoms with van der Waals surface area (Å²) in [4.78, 5) is 18.6. The van der Waals surface area contributed by atoms with Crippen LogP contribution in [-0.4, -0.2) is 21.8 Å². The van der Waals surface area contributed by atoms with Gasteiger partial charge in [0.05, 0.1) is 16.3 Å². The number of hydrogen-bond donors (Lipinski definition) is 1. The predicted octanol–water partition coefficient (Wildman–Crippen LogP) is 3.12. The average Bonchev–Trinajstić information content (AvgIpc) is 3.33. The van der Waals surface area contributed by atoms with Gasteiger partial charge in [0.25, 0.3) is 5.91 Å². The molecule has 0 aliphatic heterocycles. The van der Waals surface area contributed by atoms with E-state index in [-0.39, 0.29) is 5.91 Å². The number of hydrogen-bond acceptors (Lipinski definition) is 3. The number of carbonyl (C=O) groups is 1. The first-order chi connectivity index (χ1) is 10.2. The number of amides is 1. The molecule has 1 fully saturated rings. The molecule has 108 valence electrons. The summed E-state index contributed by atoms with van der Waals surface area (Å²) in [6.07, 6.45) is 5.55. The van der Waals surface area contributed by atoms with Crippen molar-refractivity contribution in [2.24, 2.45) is 0 Å². The number of anilines is 1. The van der Waals surface area contributed by atoms with E-state index in [0.29, 0.717) is 28.9 Å². The fourth-order valence-electron chi connectivity index (χ4n) is 2.31. The Hall–Kier alpha value is -2.07. The largest absolute Gasteiger partial charge is 0.398 e. The van der Waals surface area contributed by atoms with E-state index in [9.17, 15) is 4.79 Å². The van der Waals surface area contributed by atoms with Crippen molar-refractivity contribution in [3.63, 3.8) is 0 Å². The van der Waals surface area contributed by atoms with Gasteiger partial charge in [-0.3, -0.25) is 9.78 Å². The average molecular weight is 302 g/mol. The van der Waals surface area contributed by atoms with Gasteiger partial charge in [-0.2, -0.15) is 0 Å². The van der Waals surface area contributed by atoms with E-state index in [1.165, 1.54) is 0 Å². The maximum atomic E-state index is 12.8.